The van der Waals surface area contributed by atoms with Gasteiger partial charge in [-0.25, -0.2) is 9.50 Å². The third kappa shape index (κ3) is 2.47. The van der Waals surface area contributed by atoms with Crippen LogP contribution in [0.5, 0.6) is 0 Å². The van der Waals surface area contributed by atoms with E-state index in [1.807, 2.05) is 6.07 Å². The van der Waals surface area contributed by atoms with Crippen LogP contribution in [0.3, 0.4) is 0 Å². The molecule has 18 heavy (non-hydrogen) atoms. The van der Waals surface area contributed by atoms with E-state index < -0.39 is 0 Å². The Morgan fingerprint density at radius 1 is 1.33 bits per heavy atom. The Hall–Kier alpha value is -1.58. The van der Waals surface area contributed by atoms with Crippen molar-refractivity contribution >= 4 is 5.65 Å². The lowest BCUT2D eigenvalue weighted by atomic mass is 9.96. The number of hydrogen-bond acceptors (Lipinski definition) is 2. The van der Waals surface area contributed by atoms with E-state index in [4.69, 9.17) is 0 Å². The van der Waals surface area contributed by atoms with Gasteiger partial charge in [0.2, 0.25) is 0 Å². The van der Waals surface area contributed by atoms with Crippen LogP contribution in [-0.2, 0) is 11.8 Å². The van der Waals surface area contributed by atoms with Crippen LogP contribution in [0.2, 0.25) is 0 Å². The normalized spacial score (nSPS) is 12.6. The Kier molecular flexibility index (Phi) is 3.05. The van der Waals surface area contributed by atoms with Gasteiger partial charge in [-0.2, -0.15) is 0 Å². The second kappa shape index (κ2) is 4.26. The number of rotatable bonds is 2. The maximum absolute atomic E-state index is 12.0. The third-order valence-electron chi connectivity index (χ3n) is 2.87. The van der Waals surface area contributed by atoms with Crippen molar-refractivity contribution in [2.75, 3.05) is 0 Å². The van der Waals surface area contributed by atoms with E-state index in [9.17, 15) is 4.79 Å². The van der Waals surface area contributed by atoms with E-state index in [1.54, 1.807) is 6.07 Å². The van der Waals surface area contributed by atoms with Crippen LogP contribution in [0, 0.1) is 5.92 Å². The molecule has 0 aliphatic rings. The van der Waals surface area contributed by atoms with Crippen LogP contribution in [-0.4, -0.2) is 14.6 Å². The zero-order valence-electron chi connectivity index (χ0n) is 11.7. The number of hydrogen-bond donors (Lipinski definition) is 1. The molecule has 0 radical (unpaired) electrons. The van der Waals surface area contributed by atoms with E-state index in [2.05, 4.69) is 44.7 Å². The molecule has 0 fully saturated rings. The Morgan fingerprint density at radius 2 is 2.00 bits per heavy atom. The molecule has 2 heterocycles. The van der Waals surface area contributed by atoms with E-state index in [0.717, 1.165) is 17.8 Å². The van der Waals surface area contributed by atoms with Gasteiger partial charge in [0.25, 0.3) is 5.56 Å². The fourth-order valence-corrected chi connectivity index (χ4v) is 1.97. The number of pyridine rings is 1. The highest BCUT2D eigenvalue weighted by Crippen LogP contribution is 2.18. The molecule has 4 heteroatoms. The van der Waals surface area contributed by atoms with Crippen molar-refractivity contribution in [3.63, 3.8) is 0 Å². The molecule has 0 amide bonds. The molecular weight excluding hydrogens is 226 g/mol. The summed E-state index contributed by atoms with van der Waals surface area (Å²) < 4.78 is 1.52. The largest absolute Gasteiger partial charge is 0.276 e. The van der Waals surface area contributed by atoms with Gasteiger partial charge in [0, 0.05) is 11.5 Å². The summed E-state index contributed by atoms with van der Waals surface area (Å²) in [6.45, 7) is 10.5. The number of nitrogens with one attached hydrogen (secondary N) is 1. The molecule has 0 saturated heterocycles. The molecular formula is C14H21N3O. The molecule has 0 aliphatic carbocycles. The zero-order chi connectivity index (χ0) is 13.5. The first-order valence-electron chi connectivity index (χ1n) is 6.39. The van der Waals surface area contributed by atoms with Crippen molar-refractivity contribution in [3.8, 4) is 0 Å². The quantitative estimate of drug-likeness (QED) is 0.886. The molecule has 0 bridgehead atoms. The van der Waals surface area contributed by atoms with Gasteiger partial charge < -0.3 is 0 Å². The third-order valence-corrected chi connectivity index (χ3v) is 2.87. The standard InChI is InChI=1S/C14H21N3O/c1-9(2)6-10-7-11-15-13(14(3,4)5)16-17(11)12(18)8-10/h7-9H,6H2,1-5H3,(H,15,16). The summed E-state index contributed by atoms with van der Waals surface area (Å²) in [4.78, 5) is 16.5. The van der Waals surface area contributed by atoms with Gasteiger partial charge in [0.15, 0.2) is 5.65 Å². The monoisotopic (exact) mass is 247 g/mol. The van der Waals surface area contributed by atoms with Crippen LogP contribution in [0.1, 0.15) is 46.0 Å². The maximum Gasteiger partial charge on any atom is 0.271 e. The molecule has 0 atom stereocenters. The lowest BCUT2D eigenvalue weighted by Crippen LogP contribution is -2.17. The molecule has 2 aromatic heterocycles. The van der Waals surface area contributed by atoms with E-state index >= 15 is 0 Å². The summed E-state index contributed by atoms with van der Waals surface area (Å²) >= 11 is 0. The van der Waals surface area contributed by atoms with Crippen molar-refractivity contribution in [1.82, 2.24) is 14.6 Å². The van der Waals surface area contributed by atoms with Gasteiger partial charge >= 0.3 is 0 Å². The Morgan fingerprint density at radius 3 is 2.56 bits per heavy atom. The molecule has 0 saturated carbocycles. The minimum Gasteiger partial charge on any atom is -0.276 e. The van der Waals surface area contributed by atoms with Crippen molar-refractivity contribution in [1.29, 1.82) is 0 Å². The minimum atomic E-state index is -0.0866. The fourth-order valence-electron chi connectivity index (χ4n) is 1.97. The number of H-pyrrole nitrogens is 1. The summed E-state index contributed by atoms with van der Waals surface area (Å²) in [7, 11) is 0. The van der Waals surface area contributed by atoms with Crippen LogP contribution >= 0.6 is 0 Å². The van der Waals surface area contributed by atoms with E-state index in [-0.39, 0.29) is 11.0 Å². The summed E-state index contributed by atoms with van der Waals surface area (Å²) in [6, 6.07) is 3.69. The number of nitrogens with zero attached hydrogens (tertiary/aromatic N) is 2. The average Bonchev–Trinajstić information content (AvgIpc) is 2.59. The number of fused-ring (bicyclic) bond motifs is 1. The minimum absolute atomic E-state index is 0.0360. The fraction of sp³-hybridized carbons (Fsp3) is 0.571. The molecule has 2 rings (SSSR count). The second-order valence-corrected chi connectivity index (χ2v) is 6.32. The lowest BCUT2D eigenvalue weighted by molar-refractivity contribution is 0.544. The van der Waals surface area contributed by atoms with Gasteiger partial charge in [-0.3, -0.25) is 9.89 Å². The SMILES string of the molecule is CC(C)Cc1cc(=O)n2[nH]c(C(C)(C)C)nc2c1. The predicted molar refractivity (Wildman–Crippen MR) is 73.1 cm³/mol. The van der Waals surface area contributed by atoms with Gasteiger partial charge in [-0.05, 0) is 24.0 Å². The first-order chi connectivity index (χ1) is 8.27. The summed E-state index contributed by atoms with van der Waals surface area (Å²) in [6.07, 6.45) is 0.906. The first-order valence-corrected chi connectivity index (χ1v) is 6.39. The zero-order valence-corrected chi connectivity index (χ0v) is 11.7. The van der Waals surface area contributed by atoms with Gasteiger partial charge in [-0.1, -0.05) is 34.6 Å². The number of aromatic amines is 1. The highest BCUT2D eigenvalue weighted by molar-refractivity contribution is 5.41. The molecule has 98 valence electrons. The topological polar surface area (TPSA) is 50.2 Å². The average molecular weight is 247 g/mol. The highest BCUT2D eigenvalue weighted by atomic mass is 16.1. The predicted octanol–water partition coefficient (Wildman–Crippen LogP) is 2.52. The maximum atomic E-state index is 12.0. The summed E-state index contributed by atoms with van der Waals surface area (Å²) in [5.74, 6) is 1.37. The Balaban J connectivity index is 2.56. The Bertz CT molecular complexity index is 614. The highest BCUT2D eigenvalue weighted by Gasteiger charge is 2.19. The molecule has 0 spiro atoms. The van der Waals surface area contributed by atoms with Crippen molar-refractivity contribution < 1.29 is 0 Å². The lowest BCUT2D eigenvalue weighted by Gasteiger charge is -2.12. The van der Waals surface area contributed by atoms with Crippen molar-refractivity contribution in [3.05, 3.63) is 33.9 Å². The van der Waals surface area contributed by atoms with Gasteiger partial charge in [-0.15, -0.1) is 0 Å². The molecule has 0 aliphatic heterocycles. The van der Waals surface area contributed by atoms with Crippen LogP contribution in [0.25, 0.3) is 5.65 Å². The summed E-state index contributed by atoms with van der Waals surface area (Å²) in [5.41, 5.74) is 1.65. The summed E-state index contributed by atoms with van der Waals surface area (Å²) in [5, 5.41) is 3.08. The molecule has 1 N–H and O–H groups in total. The van der Waals surface area contributed by atoms with Gasteiger partial charge in [0.05, 0.1) is 0 Å². The molecule has 0 aromatic carbocycles. The van der Waals surface area contributed by atoms with Crippen LogP contribution < -0.4 is 5.56 Å². The van der Waals surface area contributed by atoms with Crippen molar-refractivity contribution in [2.24, 2.45) is 5.92 Å². The first kappa shape index (κ1) is 12.9. The second-order valence-electron chi connectivity index (χ2n) is 6.32. The molecule has 2 aromatic rings. The number of aromatic nitrogens is 3. The van der Waals surface area contributed by atoms with Crippen LogP contribution in [0.4, 0.5) is 0 Å². The smallest absolute Gasteiger partial charge is 0.271 e. The van der Waals surface area contributed by atoms with Crippen molar-refractivity contribution in [2.45, 2.75) is 46.5 Å². The van der Waals surface area contributed by atoms with Gasteiger partial charge in [0.1, 0.15) is 5.82 Å². The van der Waals surface area contributed by atoms with Crippen LogP contribution in [0.15, 0.2) is 16.9 Å². The van der Waals surface area contributed by atoms with E-state index in [0.29, 0.717) is 11.6 Å². The van der Waals surface area contributed by atoms with E-state index in [1.165, 1.54) is 4.52 Å². The molecule has 0 unspecified atom stereocenters. The molecule has 4 nitrogen and oxygen atoms in total. The Labute approximate surface area is 107 Å².